The molecule has 3 rings (SSSR count). The first-order valence-electron chi connectivity index (χ1n) is 8.60. The van der Waals surface area contributed by atoms with Crippen LogP contribution in [0.2, 0.25) is 0 Å². The molecule has 2 aliphatic rings. The van der Waals surface area contributed by atoms with Crippen LogP contribution in [0, 0.1) is 5.92 Å². The highest BCUT2D eigenvalue weighted by Crippen LogP contribution is 2.18. The molecule has 142 valence electrons. The van der Waals surface area contributed by atoms with Gasteiger partial charge in [0, 0.05) is 24.7 Å². The molecule has 0 radical (unpaired) electrons. The van der Waals surface area contributed by atoms with Crippen molar-refractivity contribution in [2.24, 2.45) is 5.92 Å². The number of likely N-dealkylation sites (tertiary alicyclic amines) is 1. The largest absolute Gasteiger partial charge is 0.351 e. The molecule has 0 bridgehead atoms. The molecule has 2 fully saturated rings. The molecule has 1 amide bonds. The number of amides is 1. The third-order valence-corrected chi connectivity index (χ3v) is 5.74. The predicted octanol–water partition coefficient (Wildman–Crippen LogP) is 3.04. The van der Waals surface area contributed by atoms with Gasteiger partial charge in [-0.3, -0.25) is 15.0 Å². The fourth-order valence-corrected chi connectivity index (χ4v) is 4.06. The number of hydrogen-bond acceptors (Lipinski definition) is 4. The van der Waals surface area contributed by atoms with E-state index in [0.29, 0.717) is 6.54 Å². The highest BCUT2D eigenvalue weighted by molar-refractivity contribution is 7.99. The molecule has 0 aromatic heterocycles. The van der Waals surface area contributed by atoms with Crippen molar-refractivity contribution in [2.75, 3.05) is 24.7 Å². The number of hydrogen-bond donors (Lipinski definition) is 2. The third kappa shape index (κ3) is 6.99. The molecule has 2 aliphatic heterocycles. The average Bonchev–Trinajstić information content (AvgIpc) is 3.11. The first kappa shape index (κ1) is 22.6. The van der Waals surface area contributed by atoms with Gasteiger partial charge in [0.25, 0.3) is 0 Å². The number of benzene rings is 1. The zero-order valence-corrected chi connectivity index (χ0v) is 17.2. The number of rotatable bonds is 5. The smallest absolute Gasteiger partial charge is 0.238 e. The summed E-state index contributed by atoms with van der Waals surface area (Å²) in [6.45, 7) is 6.43. The van der Waals surface area contributed by atoms with Gasteiger partial charge in [-0.1, -0.05) is 31.2 Å². The lowest BCUT2D eigenvalue weighted by Gasteiger charge is -2.30. The van der Waals surface area contributed by atoms with Gasteiger partial charge in [-0.15, -0.1) is 36.6 Å². The molecule has 4 nitrogen and oxygen atoms in total. The van der Waals surface area contributed by atoms with E-state index in [-0.39, 0.29) is 36.8 Å². The third-order valence-electron chi connectivity index (χ3n) is 4.80. The van der Waals surface area contributed by atoms with E-state index in [2.05, 4.69) is 46.7 Å². The maximum Gasteiger partial charge on any atom is 0.238 e. The topological polar surface area (TPSA) is 44.4 Å². The summed E-state index contributed by atoms with van der Waals surface area (Å²) in [5.74, 6) is 2.74. The molecule has 2 N–H and O–H groups in total. The Morgan fingerprint density at radius 3 is 2.44 bits per heavy atom. The van der Waals surface area contributed by atoms with Crippen LogP contribution in [0.25, 0.3) is 0 Å². The van der Waals surface area contributed by atoms with E-state index in [4.69, 9.17) is 0 Å². The Morgan fingerprint density at radius 1 is 1.20 bits per heavy atom. The summed E-state index contributed by atoms with van der Waals surface area (Å²) in [6.07, 6.45) is 2.63. The van der Waals surface area contributed by atoms with Crippen molar-refractivity contribution < 1.29 is 4.79 Å². The van der Waals surface area contributed by atoms with Crippen molar-refractivity contribution >= 4 is 42.5 Å². The van der Waals surface area contributed by atoms with Gasteiger partial charge in [-0.25, -0.2) is 0 Å². The Morgan fingerprint density at radius 2 is 1.84 bits per heavy atom. The number of carbonyl (C=O) groups is 1. The van der Waals surface area contributed by atoms with E-state index in [1.807, 2.05) is 0 Å². The lowest BCUT2D eigenvalue weighted by Crippen LogP contribution is -2.41. The van der Waals surface area contributed by atoms with E-state index < -0.39 is 0 Å². The van der Waals surface area contributed by atoms with Crippen molar-refractivity contribution in [3.05, 3.63) is 35.4 Å². The molecule has 1 aromatic rings. The number of nitrogens with zero attached hydrogens (tertiary/aromatic N) is 1. The molecule has 2 saturated heterocycles. The van der Waals surface area contributed by atoms with Gasteiger partial charge >= 0.3 is 0 Å². The van der Waals surface area contributed by atoms with Gasteiger partial charge < -0.3 is 5.32 Å². The normalized spacial score (nSPS) is 21.2. The van der Waals surface area contributed by atoms with Crippen molar-refractivity contribution in [1.82, 2.24) is 15.5 Å². The SMILES string of the molecule is CC1CCN(Cc2ccc(CNC(=O)C3CSCN3)cc2)CC1.Cl.Cl. The Kier molecular flexibility index (Phi) is 10.2. The summed E-state index contributed by atoms with van der Waals surface area (Å²) in [7, 11) is 0. The van der Waals surface area contributed by atoms with E-state index >= 15 is 0 Å². The Hall–Kier alpha value is -0.460. The minimum atomic E-state index is -0.0271. The van der Waals surface area contributed by atoms with Gasteiger partial charge in [-0.2, -0.15) is 0 Å². The highest BCUT2D eigenvalue weighted by Gasteiger charge is 2.21. The van der Waals surface area contributed by atoms with Gasteiger partial charge in [0.05, 0.1) is 6.04 Å². The predicted molar refractivity (Wildman–Crippen MR) is 111 cm³/mol. The number of halogens is 2. The lowest BCUT2D eigenvalue weighted by atomic mass is 9.99. The number of piperidine rings is 1. The van der Waals surface area contributed by atoms with Crippen LogP contribution in [0.5, 0.6) is 0 Å². The minimum absolute atomic E-state index is 0. The summed E-state index contributed by atoms with van der Waals surface area (Å²) in [5, 5.41) is 6.22. The van der Waals surface area contributed by atoms with Crippen LogP contribution >= 0.6 is 36.6 Å². The van der Waals surface area contributed by atoms with E-state index in [9.17, 15) is 4.79 Å². The fourth-order valence-electron chi connectivity index (χ4n) is 3.12. The van der Waals surface area contributed by atoms with Crippen LogP contribution in [0.15, 0.2) is 24.3 Å². The zero-order chi connectivity index (χ0) is 16.1. The highest BCUT2D eigenvalue weighted by atomic mass is 35.5. The quantitative estimate of drug-likeness (QED) is 0.789. The summed E-state index contributed by atoms with van der Waals surface area (Å²) < 4.78 is 0. The molecular weight excluding hydrogens is 377 g/mol. The average molecular weight is 406 g/mol. The molecule has 1 atom stereocenters. The monoisotopic (exact) mass is 405 g/mol. The van der Waals surface area contributed by atoms with Gasteiger partial charge in [0.2, 0.25) is 5.91 Å². The molecule has 0 aliphatic carbocycles. The lowest BCUT2D eigenvalue weighted by molar-refractivity contribution is -0.122. The van der Waals surface area contributed by atoms with Crippen LogP contribution in [0.4, 0.5) is 0 Å². The van der Waals surface area contributed by atoms with Crippen molar-refractivity contribution in [1.29, 1.82) is 0 Å². The number of carbonyl (C=O) groups excluding carboxylic acids is 1. The molecule has 2 heterocycles. The zero-order valence-electron chi connectivity index (χ0n) is 14.7. The van der Waals surface area contributed by atoms with Crippen molar-refractivity contribution in [3.63, 3.8) is 0 Å². The molecule has 1 aromatic carbocycles. The van der Waals surface area contributed by atoms with E-state index in [0.717, 1.165) is 24.1 Å². The second kappa shape index (κ2) is 11.3. The second-order valence-electron chi connectivity index (χ2n) is 6.76. The van der Waals surface area contributed by atoms with Gasteiger partial charge in [0.1, 0.15) is 0 Å². The molecule has 7 heteroatoms. The summed E-state index contributed by atoms with van der Waals surface area (Å²) in [4.78, 5) is 14.5. The Bertz CT molecular complexity index is 516. The maximum absolute atomic E-state index is 12.0. The summed E-state index contributed by atoms with van der Waals surface area (Å²) in [5.41, 5.74) is 2.53. The van der Waals surface area contributed by atoms with Crippen molar-refractivity contribution in [3.8, 4) is 0 Å². The number of nitrogens with one attached hydrogen (secondary N) is 2. The van der Waals surface area contributed by atoms with E-state index in [1.54, 1.807) is 11.8 Å². The first-order valence-corrected chi connectivity index (χ1v) is 9.75. The van der Waals surface area contributed by atoms with Crippen LogP contribution < -0.4 is 10.6 Å². The molecular formula is C18H29Cl2N3OS. The number of thioether (sulfide) groups is 1. The van der Waals surface area contributed by atoms with Crippen LogP contribution in [0.3, 0.4) is 0 Å². The molecule has 25 heavy (non-hydrogen) atoms. The molecule has 0 saturated carbocycles. The standard InChI is InChI=1S/C18H27N3OS.2ClH/c1-14-6-8-21(9-7-14)11-16-4-2-15(3-5-16)10-19-18(22)17-12-23-13-20-17;;/h2-5,14,17,20H,6-13H2,1H3,(H,19,22);2*1H. The van der Waals surface area contributed by atoms with Gasteiger partial charge in [0.15, 0.2) is 0 Å². The fraction of sp³-hybridized carbons (Fsp3) is 0.611. The first-order chi connectivity index (χ1) is 11.2. The Labute approximate surface area is 167 Å². The Balaban J connectivity index is 0.00000156. The summed E-state index contributed by atoms with van der Waals surface area (Å²) >= 11 is 1.77. The summed E-state index contributed by atoms with van der Waals surface area (Å²) in [6, 6.07) is 8.64. The van der Waals surface area contributed by atoms with Crippen LogP contribution in [0.1, 0.15) is 30.9 Å². The molecule has 0 spiro atoms. The maximum atomic E-state index is 12.0. The molecule has 1 unspecified atom stereocenters. The minimum Gasteiger partial charge on any atom is -0.351 e. The van der Waals surface area contributed by atoms with Gasteiger partial charge in [-0.05, 0) is 43.0 Å². The second-order valence-corrected chi connectivity index (χ2v) is 7.80. The van der Waals surface area contributed by atoms with E-state index in [1.165, 1.54) is 37.1 Å². The van der Waals surface area contributed by atoms with Crippen molar-refractivity contribution in [2.45, 2.75) is 38.9 Å². The van der Waals surface area contributed by atoms with Crippen LogP contribution in [-0.4, -0.2) is 41.6 Å². The van der Waals surface area contributed by atoms with Crippen LogP contribution in [-0.2, 0) is 17.9 Å².